The van der Waals surface area contributed by atoms with Gasteiger partial charge in [0.25, 0.3) is 11.8 Å². The third-order valence-corrected chi connectivity index (χ3v) is 7.79. The Hall–Kier alpha value is -2.81. The molecule has 0 saturated carbocycles. The zero-order valence-electron chi connectivity index (χ0n) is 16.3. The lowest BCUT2D eigenvalue weighted by atomic mass is 10.1. The first-order chi connectivity index (χ1) is 14.3. The highest BCUT2D eigenvalue weighted by atomic mass is 32.2. The van der Waals surface area contributed by atoms with Crippen LogP contribution in [0.2, 0.25) is 0 Å². The molecule has 0 saturated heterocycles. The molecular formula is C22H20N2O4S2. The van der Waals surface area contributed by atoms with Gasteiger partial charge in [0.15, 0.2) is 0 Å². The van der Waals surface area contributed by atoms with Gasteiger partial charge in [-0.1, -0.05) is 30.3 Å². The van der Waals surface area contributed by atoms with E-state index in [-0.39, 0.29) is 22.6 Å². The highest BCUT2D eigenvalue weighted by Gasteiger charge is 2.31. The summed E-state index contributed by atoms with van der Waals surface area (Å²) in [5.41, 5.74) is 1.33. The second-order valence-corrected chi connectivity index (χ2v) is 10.4. The lowest BCUT2D eigenvalue weighted by Crippen LogP contribution is -2.32. The van der Waals surface area contributed by atoms with Gasteiger partial charge in [0.2, 0.25) is 10.0 Å². The van der Waals surface area contributed by atoms with E-state index in [0.717, 1.165) is 15.3 Å². The van der Waals surface area contributed by atoms with E-state index in [0.29, 0.717) is 13.0 Å². The first-order valence-corrected chi connectivity index (χ1v) is 11.7. The van der Waals surface area contributed by atoms with Crippen LogP contribution < -0.4 is 5.32 Å². The summed E-state index contributed by atoms with van der Waals surface area (Å²) in [5, 5.41) is 2.19. The van der Waals surface area contributed by atoms with Gasteiger partial charge in [-0.3, -0.25) is 14.9 Å². The van der Waals surface area contributed by atoms with Crippen LogP contribution in [0.4, 0.5) is 0 Å². The normalized spacial score (nSPS) is 13.5. The average Bonchev–Trinajstić information content (AvgIpc) is 3.27. The smallest absolute Gasteiger partial charge is 0.258 e. The molecule has 1 N–H and O–H groups in total. The van der Waals surface area contributed by atoms with E-state index in [1.165, 1.54) is 22.5 Å². The van der Waals surface area contributed by atoms with Crippen molar-refractivity contribution in [3.8, 4) is 0 Å². The monoisotopic (exact) mass is 440 g/mol. The first-order valence-electron chi connectivity index (χ1n) is 9.44. The Labute approximate surface area is 179 Å². The number of rotatable bonds is 7. The van der Waals surface area contributed by atoms with Crippen LogP contribution in [-0.2, 0) is 23.0 Å². The van der Waals surface area contributed by atoms with E-state index in [1.54, 1.807) is 11.3 Å². The molecule has 3 aromatic rings. The number of hydrogen-bond donors (Lipinski definition) is 1. The van der Waals surface area contributed by atoms with Crippen molar-refractivity contribution in [1.29, 1.82) is 0 Å². The van der Waals surface area contributed by atoms with E-state index < -0.39 is 21.8 Å². The van der Waals surface area contributed by atoms with Crippen LogP contribution in [-0.4, -0.2) is 31.1 Å². The molecule has 0 fully saturated rings. The summed E-state index contributed by atoms with van der Waals surface area (Å²) in [7, 11) is -3.87. The van der Waals surface area contributed by atoms with Crippen molar-refractivity contribution >= 4 is 33.2 Å². The van der Waals surface area contributed by atoms with Gasteiger partial charge < -0.3 is 0 Å². The average molecular weight is 441 g/mol. The maximum absolute atomic E-state index is 13.5. The van der Waals surface area contributed by atoms with Gasteiger partial charge in [-0.25, -0.2) is 8.42 Å². The number of sulfonamides is 1. The van der Waals surface area contributed by atoms with E-state index in [1.807, 2.05) is 49.4 Å². The maximum atomic E-state index is 13.5. The van der Waals surface area contributed by atoms with Crippen LogP contribution in [0, 0.1) is 6.92 Å². The maximum Gasteiger partial charge on any atom is 0.258 e. The molecule has 6 nitrogen and oxygen atoms in total. The van der Waals surface area contributed by atoms with Crippen molar-refractivity contribution in [3.63, 3.8) is 0 Å². The summed E-state index contributed by atoms with van der Waals surface area (Å²) in [5.74, 6) is -1.08. The van der Waals surface area contributed by atoms with E-state index in [4.69, 9.17) is 0 Å². The van der Waals surface area contributed by atoms with Crippen LogP contribution in [0.15, 0.2) is 65.6 Å². The topological polar surface area (TPSA) is 83.6 Å². The molecule has 1 aromatic heterocycles. The van der Waals surface area contributed by atoms with Crippen LogP contribution in [0.25, 0.3) is 0 Å². The molecule has 0 bridgehead atoms. The predicted molar refractivity (Wildman–Crippen MR) is 115 cm³/mol. The molecule has 0 unspecified atom stereocenters. The summed E-state index contributed by atoms with van der Waals surface area (Å²) in [6.07, 6.45) is 0.564. The fourth-order valence-electron chi connectivity index (χ4n) is 3.38. The number of nitrogens with one attached hydrogen (secondary N) is 1. The zero-order chi connectivity index (χ0) is 21.3. The Kier molecular flexibility index (Phi) is 5.55. The van der Waals surface area contributed by atoms with Gasteiger partial charge in [0.1, 0.15) is 0 Å². The van der Waals surface area contributed by atoms with Crippen LogP contribution in [0.1, 0.15) is 36.0 Å². The van der Waals surface area contributed by atoms with Crippen molar-refractivity contribution in [2.24, 2.45) is 0 Å². The highest BCUT2D eigenvalue weighted by molar-refractivity contribution is 7.89. The Morgan fingerprint density at radius 2 is 1.67 bits per heavy atom. The Morgan fingerprint density at radius 1 is 0.933 bits per heavy atom. The molecule has 0 aliphatic carbocycles. The van der Waals surface area contributed by atoms with Gasteiger partial charge >= 0.3 is 0 Å². The number of thiophene rings is 1. The Bertz CT molecular complexity index is 1220. The molecule has 30 heavy (non-hydrogen) atoms. The van der Waals surface area contributed by atoms with Crippen molar-refractivity contribution in [1.82, 2.24) is 9.62 Å². The quantitative estimate of drug-likeness (QED) is 0.571. The Morgan fingerprint density at radius 3 is 2.37 bits per heavy atom. The number of aryl methyl sites for hydroxylation is 1. The van der Waals surface area contributed by atoms with E-state index in [9.17, 15) is 18.0 Å². The number of amides is 2. The number of fused-ring (bicyclic) bond motifs is 1. The van der Waals surface area contributed by atoms with Crippen LogP contribution in [0.5, 0.6) is 0 Å². The lowest BCUT2D eigenvalue weighted by molar-refractivity contribution is 0.0879. The summed E-state index contributed by atoms with van der Waals surface area (Å²) >= 11 is 1.55. The summed E-state index contributed by atoms with van der Waals surface area (Å²) in [6.45, 7) is 2.52. The highest BCUT2D eigenvalue weighted by Crippen LogP contribution is 2.26. The number of carbonyl (C=O) groups is 2. The SMILES string of the molecule is Cc1ccc(CN(CCc2ccccc2)S(=O)(=O)c2ccc3c(c2)C(=O)NC3=O)s1. The van der Waals surface area contributed by atoms with Crippen molar-refractivity contribution in [3.05, 3.63) is 87.1 Å². The number of nitrogens with zero attached hydrogens (tertiary/aromatic N) is 1. The zero-order valence-corrected chi connectivity index (χ0v) is 17.9. The molecular weight excluding hydrogens is 420 g/mol. The molecule has 0 radical (unpaired) electrons. The molecule has 1 aliphatic rings. The van der Waals surface area contributed by atoms with Crippen molar-refractivity contribution in [2.75, 3.05) is 6.54 Å². The third-order valence-electron chi connectivity index (χ3n) is 4.97. The molecule has 4 rings (SSSR count). The lowest BCUT2D eigenvalue weighted by Gasteiger charge is -2.22. The summed E-state index contributed by atoms with van der Waals surface area (Å²) in [6, 6.07) is 17.7. The standard InChI is InChI=1S/C22H20N2O4S2/c1-15-7-8-17(29-15)14-24(12-11-16-5-3-2-4-6-16)30(27,28)18-9-10-19-20(13-18)22(26)23-21(19)25/h2-10,13H,11-12,14H2,1H3,(H,23,25,26). The summed E-state index contributed by atoms with van der Waals surface area (Å²) < 4.78 is 28.4. The molecule has 2 amide bonds. The molecule has 154 valence electrons. The second-order valence-electron chi connectivity index (χ2n) is 7.08. The predicted octanol–water partition coefficient (Wildman–Crippen LogP) is 3.37. The molecule has 0 spiro atoms. The van der Waals surface area contributed by atoms with E-state index >= 15 is 0 Å². The molecule has 1 aliphatic heterocycles. The number of imide groups is 1. The van der Waals surface area contributed by atoms with Gasteiger partial charge in [-0.2, -0.15) is 4.31 Å². The van der Waals surface area contributed by atoms with Gasteiger partial charge in [-0.05, 0) is 49.2 Å². The first kappa shape index (κ1) is 20.5. The molecule has 2 aromatic carbocycles. The van der Waals surface area contributed by atoms with E-state index in [2.05, 4.69) is 5.32 Å². The minimum absolute atomic E-state index is 0.00689. The second kappa shape index (κ2) is 8.14. The fraction of sp³-hybridized carbons (Fsp3) is 0.182. The van der Waals surface area contributed by atoms with Crippen LogP contribution in [0.3, 0.4) is 0 Å². The van der Waals surface area contributed by atoms with Crippen molar-refractivity contribution < 1.29 is 18.0 Å². The Balaban J connectivity index is 1.66. The molecule has 0 atom stereocenters. The largest absolute Gasteiger partial charge is 0.288 e. The summed E-state index contributed by atoms with van der Waals surface area (Å²) in [4.78, 5) is 25.8. The number of benzene rings is 2. The molecule has 2 heterocycles. The molecule has 8 heteroatoms. The van der Waals surface area contributed by atoms with Gasteiger partial charge in [0, 0.05) is 22.8 Å². The van der Waals surface area contributed by atoms with Crippen molar-refractivity contribution in [2.45, 2.75) is 24.8 Å². The fourth-order valence-corrected chi connectivity index (χ4v) is 5.82. The minimum Gasteiger partial charge on any atom is -0.288 e. The van der Waals surface area contributed by atoms with Gasteiger partial charge in [-0.15, -0.1) is 11.3 Å². The van der Waals surface area contributed by atoms with Crippen LogP contribution >= 0.6 is 11.3 Å². The third kappa shape index (κ3) is 4.07. The minimum atomic E-state index is -3.87. The number of carbonyl (C=O) groups excluding carboxylic acids is 2. The van der Waals surface area contributed by atoms with Gasteiger partial charge in [0.05, 0.1) is 16.0 Å². The number of hydrogen-bond acceptors (Lipinski definition) is 5.